The maximum absolute atomic E-state index is 13.7. The van der Waals surface area contributed by atoms with Crippen molar-refractivity contribution < 1.29 is 22.3 Å². The van der Waals surface area contributed by atoms with Crippen molar-refractivity contribution in [2.45, 2.75) is 31.2 Å². The van der Waals surface area contributed by atoms with E-state index in [-0.39, 0.29) is 17.0 Å². The van der Waals surface area contributed by atoms with Crippen molar-refractivity contribution in [3.63, 3.8) is 0 Å². The first-order valence-electron chi connectivity index (χ1n) is 9.97. The Kier molecular flexibility index (Phi) is 7.27. The van der Waals surface area contributed by atoms with Crippen LogP contribution in [0.2, 0.25) is 0 Å². The van der Waals surface area contributed by atoms with E-state index in [9.17, 15) is 17.6 Å². The van der Waals surface area contributed by atoms with E-state index in [0.29, 0.717) is 16.9 Å². The van der Waals surface area contributed by atoms with Crippen LogP contribution in [0.3, 0.4) is 0 Å². The molecule has 0 aliphatic rings. The van der Waals surface area contributed by atoms with Crippen molar-refractivity contribution in [2.24, 2.45) is 0 Å². The Bertz CT molecular complexity index is 1210. The number of ether oxygens (including phenoxy) is 1. The molecule has 6 nitrogen and oxygen atoms in total. The summed E-state index contributed by atoms with van der Waals surface area (Å²) in [5.74, 6) is -0.528. The first-order valence-corrected chi connectivity index (χ1v) is 11.5. The Morgan fingerprint density at radius 2 is 1.72 bits per heavy atom. The van der Waals surface area contributed by atoms with Crippen LogP contribution < -0.4 is 14.8 Å². The maximum Gasteiger partial charge on any atom is 0.242 e. The van der Waals surface area contributed by atoms with Gasteiger partial charge in [-0.05, 0) is 67.3 Å². The van der Waals surface area contributed by atoms with Crippen molar-refractivity contribution in [2.75, 3.05) is 12.4 Å². The average molecular weight is 457 g/mol. The number of rotatable bonds is 8. The van der Waals surface area contributed by atoms with Crippen LogP contribution >= 0.6 is 0 Å². The third-order valence-electron chi connectivity index (χ3n) is 5.03. The van der Waals surface area contributed by atoms with E-state index in [1.165, 1.54) is 31.4 Å². The van der Waals surface area contributed by atoms with Gasteiger partial charge in [-0.3, -0.25) is 4.79 Å². The molecule has 0 bridgehead atoms. The van der Waals surface area contributed by atoms with Crippen LogP contribution in [0.25, 0.3) is 0 Å². The number of sulfonamides is 1. The molecule has 168 valence electrons. The molecular formula is C24H25FN2O4S. The highest BCUT2D eigenvalue weighted by atomic mass is 32.2. The number of hydrogen-bond acceptors (Lipinski definition) is 4. The Hall–Kier alpha value is -3.23. The van der Waals surface area contributed by atoms with Crippen LogP contribution in [0, 0.1) is 19.7 Å². The van der Waals surface area contributed by atoms with E-state index in [4.69, 9.17) is 4.74 Å². The molecule has 0 aliphatic carbocycles. The minimum atomic E-state index is -4.02. The zero-order valence-corrected chi connectivity index (χ0v) is 18.9. The van der Waals surface area contributed by atoms with Crippen LogP contribution in [0.15, 0.2) is 71.6 Å². The fraction of sp³-hybridized carbons (Fsp3) is 0.208. The van der Waals surface area contributed by atoms with Gasteiger partial charge in [-0.25, -0.2) is 12.8 Å². The molecule has 0 radical (unpaired) electrons. The smallest absolute Gasteiger partial charge is 0.242 e. The summed E-state index contributed by atoms with van der Waals surface area (Å²) < 4.78 is 47.5. The van der Waals surface area contributed by atoms with Gasteiger partial charge in [-0.2, -0.15) is 4.72 Å². The third-order valence-corrected chi connectivity index (χ3v) is 6.50. The summed E-state index contributed by atoms with van der Waals surface area (Å²) >= 11 is 0. The van der Waals surface area contributed by atoms with Gasteiger partial charge in [-0.1, -0.05) is 36.4 Å². The number of methoxy groups -OCH3 is 1. The quantitative estimate of drug-likeness (QED) is 0.537. The molecule has 0 unspecified atom stereocenters. The van der Waals surface area contributed by atoms with Gasteiger partial charge in [0.1, 0.15) is 17.6 Å². The Labute approximate surface area is 187 Å². The Balaban J connectivity index is 1.90. The molecule has 1 atom stereocenters. The Morgan fingerprint density at radius 3 is 2.38 bits per heavy atom. The lowest BCUT2D eigenvalue weighted by atomic mass is 10.1. The van der Waals surface area contributed by atoms with E-state index in [0.717, 1.165) is 5.56 Å². The summed E-state index contributed by atoms with van der Waals surface area (Å²) in [6.45, 7) is 3.46. The third kappa shape index (κ3) is 5.72. The van der Waals surface area contributed by atoms with Gasteiger partial charge in [-0.15, -0.1) is 0 Å². The minimum absolute atomic E-state index is 0.0172. The molecule has 0 saturated heterocycles. The normalized spacial score (nSPS) is 12.2. The monoisotopic (exact) mass is 456 g/mol. The maximum atomic E-state index is 13.7. The molecule has 0 aliphatic heterocycles. The predicted octanol–water partition coefficient (Wildman–Crippen LogP) is 3.98. The number of halogens is 1. The largest absolute Gasteiger partial charge is 0.496 e. The second kappa shape index (κ2) is 9.93. The van der Waals surface area contributed by atoms with Gasteiger partial charge in [0.2, 0.25) is 15.9 Å². The Morgan fingerprint density at radius 1 is 1.00 bits per heavy atom. The highest BCUT2D eigenvalue weighted by Crippen LogP contribution is 2.22. The number of nitrogens with one attached hydrogen (secondary N) is 2. The van der Waals surface area contributed by atoms with Crippen molar-refractivity contribution in [1.82, 2.24) is 4.72 Å². The van der Waals surface area contributed by atoms with Crippen LogP contribution in [-0.2, 0) is 21.2 Å². The molecule has 0 aromatic heterocycles. The summed E-state index contributed by atoms with van der Waals surface area (Å²) in [7, 11) is -2.52. The van der Waals surface area contributed by atoms with Crippen LogP contribution in [-0.4, -0.2) is 27.5 Å². The molecule has 0 spiro atoms. The SMILES string of the molecule is COc1ccc(S(=O)(=O)N[C@H](Cc2ccccc2)C(=O)Nc2cc(F)ccc2C)cc1C. The standard InChI is InChI=1S/C24H25FN2O4S/c1-16-9-10-19(25)15-21(16)26-24(28)22(14-18-7-5-4-6-8-18)27-32(29,30)20-11-12-23(31-3)17(2)13-20/h4-13,15,22,27H,14H2,1-3H3,(H,26,28)/t22-/m1/s1. The van der Waals surface area contributed by atoms with E-state index < -0.39 is 27.8 Å². The number of benzene rings is 3. The summed E-state index contributed by atoms with van der Waals surface area (Å²) in [5, 5.41) is 2.65. The second-order valence-corrected chi connectivity index (χ2v) is 9.16. The lowest BCUT2D eigenvalue weighted by Crippen LogP contribution is -2.45. The van der Waals surface area contributed by atoms with E-state index in [1.807, 2.05) is 18.2 Å². The molecule has 32 heavy (non-hydrogen) atoms. The van der Waals surface area contributed by atoms with E-state index in [1.54, 1.807) is 38.1 Å². The van der Waals surface area contributed by atoms with Gasteiger partial charge in [0.05, 0.1) is 12.0 Å². The highest BCUT2D eigenvalue weighted by molar-refractivity contribution is 7.89. The molecule has 3 aromatic rings. The molecule has 3 aromatic carbocycles. The highest BCUT2D eigenvalue weighted by Gasteiger charge is 2.27. The number of hydrogen-bond donors (Lipinski definition) is 2. The fourth-order valence-corrected chi connectivity index (χ4v) is 4.54. The zero-order chi connectivity index (χ0) is 23.3. The van der Waals surface area contributed by atoms with Crippen LogP contribution in [0.1, 0.15) is 16.7 Å². The van der Waals surface area contributed by atoms with Gasteiger partial charge in [0.15, 0.2) is 0 Å². The molecule has 0 heterocycles. The zero-order valence-electron chi connectivity index (χ0n) is 18.1. The summed E-state index contributed by atoms with van der Waals surface area (Å²) in [4.78, 5) is 13.1. The minimum Gasteiger partial charge on any atom is -0.496 e. The van der Waals surface area contributed by atoms with Gasteiger partial charge in [0, 0.05) is 5.69 Å². The van der Waals surface area contributed by atoms with E-state index >= 15 is 0 Å². The molecule has 2 N–H and O–H groups in total. The summed E-state index contributed by atoms with van der Waals surface area (Å²) in [6, 6.07) is 16.4. The summed E-state index contributed by atoms with van der Waals surface area (Å²) in [5.41, 5.74) is 2.37. The van der Waals surface area contributed by atoms with Crippen molar-refractivity contribution in [1.29, 1.82) is 0 Å². The average Bonchev–Trinajstić information content (AvgIpc) is 2.76. The number of anilines is 1. The molecule has 0 fully saturated rings. The van der Waals surface area contributed by atoms with Crippen molar-refractivity contribution >= 4 is 21.6 Å². The predicted molar refractivity (Wildman–Crippen MR) is 122 cm³/mol. The lowest BCUT2D eigenvalue weighted by Gasteiger charge is -2.20. The molecular weight excluding hydrogens is 431 g/mol. The van der Waals surface area contributed by atoms with Crippen molar-refractivity contribution in [3.05, 3.63) is 89.2 Å². The van der Waals surface area contributed by atoms with Crippen molar-refractivity contribution in [3.8, 4) is 5.75 Å². The first kappa shape index (κ1) is 23.4. The number of carbonyl (C=O) groups excluding carboxylic acids is 1. The molecule has 8 heteroatoms. The van der Waals surface area contributed by atoms with Gasteiger partial charge >= 0.3 is 0 Å². The number of carbonyl (C=O) groups is 1. The fourth-order valence-electron chi connectivity index (χ4n) is 3.26. The number of aryl methyl sites for hydroxylation is 2. The van der Waals surface area contributed by atoms with Crippen LogP contribution in [0.5, 0.6) is 5.75 Å². The lowest BCUT2D eigenvalue weighted by molar-refractivity contribution is -0.117. The van der Waals surface area contributed by atoms with Gasteiger partial charge < -0.3 is 10.1 Å². The molecule has 3 rings (SSSR count). The molecule has 1 amide bonds. The van der Waals surface area contributed by atoms with E-state index in [2.05, 4.69) is 10.0 Å². The second-order valence-electron chi connectivity index (χ2n) is 7.44. The van der Waals surface area contributed by atoms with Gasteiger partial charge in [0.25, 0.3) is 0 Å². The molecule has 0 saturated carbocycles. The van der Waals surface area contributed by atoms with Crippen LogP contribution in [0.4, 0.5) is 10.1 Å². The summed E-state index contributed by atoms with van der Waals surface area (Å²) in [6.07, 6.45) is 0.120. The first-order chi connectivity index (χ1) is 15.2. The topological polar surface area (TPSA) is 84.5 Å². The number of amides is 1.